The molecule has 0 saturated carbocycles. The number of hydrogen-bond donors (Lipinski definition) is 1. The van der Waals surface area contributed by atoms with Crippen LogP contribution in [0.5, 0.6) is 0 Å². The second-order valence-electron chi connectivity index (χ2n) is 3.85. The smallest absolute Gasteiger partial charge is 0.258 e. The lowest BCUT2D eigenvalue weighted by atomic mass is 10.1. The minimum absolute atomic E-state index is 0.278. The van der Waals surface area contributed by atoms with Crippen LogP contribution in [0.25, 0.3) is 0 Å². The number of carbonyl (C=O) groups excluding carboxylic acids is 1. The lowest BCUT2D eigenvalue weighted by Gasteiger charge is -2.06. The first-order valence-electron chi connectivity index (χ1n) is 5.43. The van der Waals surface area contributed by atoms with Gasteiger partial charge in [0.2, 0.25) is 0 Å². The summed E-state index contributed by atoms with van der Waals surface area (Å²) in [5.41, 5.74) is 2.40. The summed E-state index contributed by atoms with van der Waals surface area (Å²) in [5.74, 6) is -0.330. The van der Waals surface area contributed by atoms with Crippen molar-refractivity contribution in [3.05, 3.63) is 59.4 Å². The maximum atomic E-state index is 12.0. The monoisotopic (exact) mass is 237 g/mol. The summed E-state index contributed by atoms with van der Waals surface area (Å²) >= 11 is 0. The summed E-state index contributed by atoms with van der Waals surface area (Å²) in [6, 6.07) is 10.9. The Kier molecular flexibility index (Phi) is 3.35. The zero-order valence-corrected chi connectivity index (χ0v) is 9.84. The van der Waals surface area contributed by atoms with Crippen molar-refractivity contribution in [3.8, 4) is 6.07 Å². The highest BCUT2D eigenvalue weighted by molar-refractivity contribution is 6.05. The van der Waals surface area contributed by atoms with E-state index in [1.807, 2.05) is 37.3 Å². The molecule has 0 bridgehead atoms. The first-order chi connectivity index (χ1) is 8.70. The third-order valence-electron chi connectivity index (χ3n) is 2.50. The number of aryl methyl sites for hydroxylation is 1. The fourth-order valence-electron chi connectivity index (χ4n) is 1.51. The van der Waals surface area contributed by atoms with E-state index >= 15 is 0 Å². The molecule has 0 saturated heterocycles. The standard InChI is InChI=1S/C14H11N3O/c1-10-2-4-12(5-3-10)17-14(18)13-9-16-7-6-11(13)8-15/h2-7,9H,1H3,(H,17,18). The van der Waals surface area contributed by atoms with E-state index in [2.05, 4.69) is 10.3 Å². The Bertz CT molecular complexity index is 612. The summed E-state index contributed by atoms with van der Waals surface area (Å²) in [4.78, 5) is 15.8. The Hall–Kier alpha value is -2.67. The van der Waals surface area contributed by atoms with Crippen molar-refractivity contribution < 1.29 is 4.79 Å². The molecule has 1 aromatic carbocycles. The Morgan fingerprint density at radius 2 is 2.00 bits per heavy atom. The quantitative estimate of drug-likeness (QED) is 0.872. The van der Waals surface area contributed by atoms with Crippen LogP contribution in [-0.4, -0.2) is 10.9 Å². The van der Waals surface area contributed by atoms with Gasteiger partial charge in [0.25, 0.3) is 5.91 Å². The number of anilines is 1. The molecule has 0 aliphatic carbocycles. The number of amides is 1. The van der Waals surface area contributed by atoms with Crippen molar-refractivity contribution in [2.45, 2.75) is 6.92 Å². The first kappa shape index (κ1) is 11.8. The van der Waals surface area contributed by atoms with Gasteiger partial charge in [0.15, 0.2) is 0 Å². The fourth-order valence-corrected chi connectivity index (χ4v) is 1.51. The van der Waals surface area contributed by atoms with Gasteiger partial charge in [0.1, 0.15) is 6.07 Å². The molecule has 18 heavy (non-hydrogen) atoms. The van der Waals surface area contributed by atoms with E-state index in [0.717, 1.165) is 5.56 Å². The molecule has 2 rings (SSSR count). The van der Waals surface area contributed by atoms with Gasteiger partial charge in [0.05, 0.1) is 11.1 Å². The lowest BCUT2D eigenvalue weighted by Crippen LogP contribution is -2.13. The van der Waals surface area contributed by atoms with E-state index in [0.29, 0.717) is 11.3 Å². The van der Waals surface area contributed by atoms with Crippen molar-refractivity contribution in [2.24, 2.45) is 0 Å². The number of nitrogens with zero attached hydrogens (tertiary/aromatic N) is 2. The Labute approximate surface area is 105 Å². The van der Waals surface area contributed by atoms with Crippen LogP contribution >= 0.6 is 0 Å². The number of benzene rings is 1. The van der Waals surface area contributed by atoms with Crippen LogP contribution in [-0.2, 0) is 0 Å². The highest BCUT2D eigenvalue weighted by Crippen LogP contribution is 2.12. The third kappa shape index (κ3) is 2.53. The van der Waals surface area contributed by atoms with Crippen molar-refractivity contribution in [1.82, 2.24) is 4.98 Å². The van der Waals surface area contributed by atoms with Crippen LogP contribution in [0.15, 0.2) is 42.7 Å². The highest BCUT2D eigenvalue weighted by Gasteiger charge is 2.11. The van der Waals surface area contributed by atoms with Gasteiger partial charge in [-0.25, -0.2) is 0 Å². The van der Waals surface area contributed by atoms with Crippen LogP contribution in [0, 0.1) is 18.3 Å². The van der Waals surface area contributed by atoms with Crippen LogP contribution in [0.1, 0.15) is 21.5 Å². The van der Waals surface area contributed by atoms with E-state index in [9.17, 15) is 4.79 Å². The average Bonchev–Trinajstić information content (AvgIpc) is 2.41. The minimum atomic E-state index is -0.330. The third-order valence-corrected chi connectivity index (χ3v) is 2.50. The summed E-state index contributed by atoms with van der Waals surface area (Å²) < 4.78 is 0. The molecule has 88 valence electrons. The molecule has 4 heteroatoms. The van der Waals surface area contributed by atoms with Crippen LogP contribution < -0.4 is 5.32 Å². The Balaban J connectivity index is 2.22. The number of aromatic nitrogens is 1. The molecule has 0 aliphatic heterocycles. The number of pyridine rings is 1. The number of hydrogen-bond acceptors (Lipinski definition) is 3. The Morgan fingerprint density at radius 1 is 1.28 bits per heavy atom. The first-order valence-corrected chi connectivity index (χ1v) is 5.43. The maximum Gasteiger partial charge on any atom is 0.258 e. The largest absolute Gasteiger partial charge is 0.322 e. The zero-order chi connectivity index (χ0) is 13.0. The van der Waals surface area contributed by atoms with E-state index in [1.54, 1.807) is 0 Å². The van der Waals surface area contributed by atoms with Crippen molar-refractivity contribution in [1.29, 1.82) is 5.26 Å². The fraction of sp³-hybridized carbons (Fsp3) is 0.0714. The number of nitriles is 1. The molecule has 4 nitrogen and oxygen atoms in total. The number of rotatable bonds is 2. The van der Waals surface area contributed by atoms with E-state index in [-0.39, 0.29) is 11.5 Å². The van der Waals surface area contributed by atoms with Gasteiger partial charge in [-0.3, -0.25) is 9.78 Å². The van der Waals surface area contributed by atoms with Gasteiger partial charge in [-0.1, -0.05) is 17.7 Å². The normalized spacial score (nSPS) is 9.56. The molecule has 1 N–H and O–H groups in total. The van der Waals surface area contributed by atoms with E-state index in [4.69, 9.17) is 5.26 Å². The Morgan fingerprint density at radius 3 is 2.67 bits per heavy atom. The van der Waals surface area contributed by atoms with Crippen molar-refractivity contribution in [3.63, 3.8) is 0 Å². The van der Waals surface area contributed by atoms with Gasteiger partial charge >= 0.3 is 0 Å². The molecule has 0 spiro atoms. The maximum absolute atomic E-state index is 12.0. The highest BCUT2D eigenvalue weighted by atomic mass is 16.1. The number of nitrogens with one attached hydrogen (secondary N) is 1. The summed E-state index contributed by atoms with van der Waals surface area (Å²) in [5, 5.41) is 11.6. The molecule has 0 fully saturated rings. The van der Waals surface area contributed by atoms with Gasteiger partial charge < -0.3 is 5.32 Å². The van der Waals surface area contributed by atoms with Crippen molar-refractivity contribution in [2.75, 3.05) is 5.32 Å². The summed E-state index contributed by atoms with van der Waals surface area (Å²) in [6.45, 7) is 1.97. The predicted octanol–water partition coefficient (Wildman–Crippen LogP) is 2.51. The molecule has 1 heterocycles. The molecule has 1 amide bonds. The van der Waals surface area contributed by atoms with Crippen LogP contribution in [0.3, 0.4) is 0 Å². The molecular weight excluding hydrogens is 226 g/mol. The van der Waals surface area contributed by atoms with Crippen molar-refractivity contribution >= 4 is 11.6 Å². The molecule has 0 aliphatic rings. The van der Waals surface area contributed by atoms with Gasteiger partial charge in [-0.05, 0) is 25.1 Å². The summed E-state index contributed by atoms with van der Waals surface area (Å²) in [6.07, 6.45) is 2.88. The SMILES string of the molecule is Cc1ccc(NC(=O)c2cnccc2C#N)cc1. The predicted molar refractivity (Wildman–Crippen MR) is 68.1 cm³/mol. The topological polar surface area (TPSA) is 65.8 Å². The van der Waals surface area contributed by atoms with E-state index < -0.39 is 0 Å². The lowest BCUT2D eigenvalue weighted by molar-refractivity contribution is 0.102. The molecule has 0 radical (unpaired) electrons. The second-order valence-corrected chi connectivity index (χ2v) is 3.85. The summed E-state index contributed by atoms with van der Waals surface area (Å²) in [7, 11) is 0. The molecule has 2 aromatic rings. The zero-order valence-electron chi connectivity index (χ0n) is 9.84. The molecular formula is C14H11N3O. The minimum Gasteiger partial charge on any atom is -0.322 e. The van der Waals surface area contributed by atoms with E-state index in [1.165, 1.54) is 18.5 Å². The molecule has 0 unspecified atom stereocenters. The molecule has 1 aromatic heterocycles. The van der Waals surface area contributed by atoms with Crippen LogP contribution in [0.2, 0.25) is 0 Å². The van der Waals surface area contributed by atoms with Crippen LogP contribution in [0.4, 0.5) is 5.69 Å². The number of carbonyl (C=O) groups is 1. The molecule has 0 atom stereocenters. The van der Waals surface area contributed by atoms with Gasteiger partial charge in [0, 0.05) is 18.1 Å². The average molecular weight is 237 g/mol. The van der Waals surface area contributed by atoms with Gasteiger partial charge in [-0.15, -0.1) is 0 Å². The van der Waals surface area contributed by atoms with Gasteiger partial charge in [-0.2, -0.15) is 5.26 Å². The second kappa shape index (κ2) is 5.11.